The average molecular weight is 235 g/mol. The van der Waals surface area contributed by atoms with E-state index in [-0.39, 0.29) is 0 Å². The molecule has 96 valence electrons. The molecule has 0 spiro atoms. The van der Waals surface area contributed by atoms with Crippen LogP contribution in [0.1, 0.15) is 33.3 Å². The van der Waals surface area contributed by atoms with Gasteiger partial charge in [-0.2, -0.15) is 0 Å². The first-order valence-corrected chi connectivity index (χ1v) is 6.28. The summed E-state index contributed by atoms with van der Waals surface area (Å²) in [6.45, 7) is 11.8. The van der Waals surface area contributed by atoms with E-state index in [1.165, 1.54) is 5.56 Å². The molecule has 0 saturated heterocycles. The van der Waals surface area contributed by atoms with Crippen LogP contribution in [0.15, 0.2) is 18.3 Å². The van der Waals surface area contributed by atoms with E-state index >= 15 is 0 Å². The van der Waals surface area contributed by atoms with Crippen molar-refractivity contribution >= 4 is 5.82 Å². The third kappa shape index (κ3) is 5.68. The maximum Gasteiger partial charge on any atom is 0.125 e. The molecule has 1 aromatic heterocycles. The molecule has 0 unspecified atom stereocenters. The number of hydrogen-bond acceptors (Lipinski definition) is 3. The molecule has 0 saturated carbocycles. The van der Waals surface area contributed by atoms with Gasteiger partial charge in [-0.25, -0.2) is 4.98 Å². The summed E-state index contributed by atoms with van der Waals surface area (Å²) in [5, 5.41) is 3.20. The van der Waals surface area contributed by atoms with E-state index in [1.807, 2.05) is 12.3 Å². The largest absolute Gasteiger partial charge is 0.370 e. The van der Waals surface area contributed by atoms with E-state index in [0.29, 0.717) is 5.41 Å². The third-order valence-corrected chi connectivity index (χ3v) is 2.38. The number of anilines is 1. The van der Waals surface area contributed by atoms with Gasteiger partial charge in [-0.05, 0) is 31.0 Å². The van der Waals surface area contributed by atoms with Gasteiger partial charge < -0.3 is 10.2 Å². The summed E-state index contributed by atoms with van der Waals surface area (Å²) in [6.07, 6.45) is 1.96. The van der Waals surface area contributed by atoms with Crippen LogP contribution in [0.2, 0.25) is 0 Å². The Morgan fingerprint density at radius 1 is 1.29 bits per heavy atom. The second kappa shape index (κ2) is 6.01. The molecule has 0 radical (unpaired) electrons. The fourth-order valence-electron chi connectivity index (χ4n) is 1.98. The maximum atomic E-state index is 4.38. The van der Waals surface area contributed by atoms with Gasteiger partial charge in [0.15, 0.2) is 0 Å². The van der Waals surface area contributed by atoms with Gasteiger partial charge in [-0.15, -0.1) is 0 Å². The normalized spacial score (nSPS) is 11.9. The Morgan fingerprint density at radius 2 is 2.00 bits per heavy atom. The third-order valence-electron chi connectivity index (χ3n) is 2.38. The molecule has 0 bridgehead atoms. The predicted octanol–water partition coefficient (Wildman–Crippen LogP) is 2.99. The van der Waals surface area contributed by atoms with E-state index in [0.717, 1.165) is 25.5 Å². The molecule has 1 heterocycles. The lowest BCUT2D eigenvalue weighted by molar-refractivity contribution is 0.220. The van der Waals surface area contributed by atoms with Crippen molar-refractivity contribution in [3.05, 3.63) is 23.9 Å². The molecular weight excluding hydrogens is 210 g/mol. The molecule has 0 atom stereocenters. The number of pyridine rings is 1. The summed E-state index contributed by atoms with van der Waals surface area (Å²) in [5.74, 6) is 0.953. The Balaban J connectivity index is 2.51. The van der Waals surface area contributed by atoms with Crippen LogP contribution in [-0.2, 0) is 6.54 Å². The summed E-state index contributed by atoms with van der Waals surface area (Å²) in [5.41, 5.74) is 1.60. The molecule has 0 amide bonds. The summed E-state index contributed by atoms with van der Waals surface area (Å²) >= 11 is 0. The lowest BCUT2D eigenvalue weighted by Gasteiger charge is -2.26. The van der Waals surface area contributed by atoms with Crippen molar-refractivity contribution in [3.63, 3.8) is 0 Å². The summed E-state index contributed by atoms with van der Waals surface area (Å²) in [7, 11) is 2.16. The van der Waals surface area contributed by atoms with E-state index in [2.05, 4.69) is 56.0 Å². The second-order valence-corrected chi connectivity index (χ2v) is 5.81. The summed E-state index contributed by atoms with van der Waals surface area (Å²) < 4.78 is 0. The van der Waals surface area contributed by atoms with Crippen molar-refractivity contribution < 1.29 is 0 Å². The molecule has 0 aliphatic rings. The minimum Gasteiger partial charge on any atom is -0.370 e. The van der Waals surface area contributed by atoms with Crippen LogP contribution in [-0.4, -0.2) is 30.0 Å². The van der Waals surface area contributed by atoms with Gasteiger partial charge in [-0.1, -0.05) is 26.8 Å². The van der Waals surface area contributed by atoms with Crippen molar-refractivity contribution in [3.8, 4) is 0 Å². The molecule has 3 nitrogen and oxygen atoms in total. The SMILES string of the molecule is CCNc1ccc(CN(C)CC(C)(C)C)cn1. The lowest BCUT2D eigenvalue weighted by Crippen LogP contribution is -2.28. The average Bonchev–Trinajstić information content (AvgIpc) is 2.18. The van der Waals surface area contributed by atoms with Crippen molar-refractivity contribution in [2.75, 3.05) is 25.5 Å². The van der Waals surface area contributed by atoms with Gasteiger partial charge in [0.05, 0.1) is 0 Å². The molecular formula is C14H25N3. The summed E-state index contributed by atoms with van der Waals surface area (Å²) in [4.78, 5) is 6.72. The molecule has 0 fully saturated rings. The van der Waals surface area contributed by atoms with Gasteiger partial charge in [0.2, 0.25) is 0 Å². The van der Waals surface area contributed by atoms with E-state index in [4.69, 9.17) is 0 Å². The number of nitrogens with one attached hydrogen (secondary N) is 1. The first-order chi connectivity index (χ1) is 7.90. The molecule has 1 N–H and O–H groups in total. The van der Waals surface area contributed by atoms with E-state index in [1.54, 1.807) is 0 Å². The Kier molecular flexibility index (Phi) is 4.94. The Morgan fingerprint density at radius 3 is 2.47 bits per heavy atom. The zero-order valence-electron chi connectivity index (χ0n) is 11.7. The molecule has 17 heavy (non-hydrogen) atoms. The van der Waals surface area contributed by atoms with Crippen LogP contribution >= 0.6 is 0 Å². The molecule has 1 aromatic rings. The molecule has 0 aliphatic carbocycles. The van der Waals surface area contributed by atoms with Crippen molar-refractivity contribution in [2.45, 2.75) is 34.2 Å². The van der Waals surface area contributed by atoms with Gasteiger partial charge in [-0.3, -0.25) is 0 Å². The number of rotatable bonds is 5. The predicted molar refractivity (Wildman–Crippen MR) is 74.2 cm³/mol. The van der Waals surface area contributed by atoms with Gasteiger partial charge in [0, 0.05) is 25.8 Å². The van der Waals surface area contributed by atoms with Crippen molar-refractivity contribution in [1.29, 1.82) is 0 Å². The first kappa shape index (κ1) is 14.0. The molecule has 1 rings (SSSR count). The van der Waals surface area contributed by atoms with Crippen LogP contribution in [0, 0.1) is 5.41 Å². The zero-order chi connectivity index (χ0) is 12.9. The highest BCUT2D eigenvalue weighted by Gasteiger charge is 2.13. The smallest absolute Gasteiger partial charge is 0.125 e. The standard InChI is InChI=1S/C14H25N3/c1-6-15-13-8-7-12(9-16-13)10-17(5)11-14(2,3)4/h7-9H,6,10-11H2,1-5H3,(H,15,16). The summed E-state index contributed by atoms with van der Waals surface area (Å²) in [6, 6.07) is 4.19. The minimum atomic E-state index is 0.339. The van der Waals surface area contributed by atoms with Gasteiger partial charge in [0.25, 0.3) is 0 Å². The Labute approximate surface area is 105 Å². The highest BCUT2D eigenvalue weighted by Crippen LogP contribution is 2.16. The van der Waals surface area contributed by atoms with Crippen molar-refractivity contribution in [1.82, 2.24) is 9.88 Å². The van der Waals surface area contributed by atoms with Crippen LogP contribution in [0.25, 0.3) is 0 Å². The Bertz CT molecular complexity index is 324. The monoisotopic (exact) mass is 235 g/mol. The fourth-order valence-corrected chi connectivity index (χ4v) is 1.98. The molecule has 3 heteroatoms. The maximum absolute atomic E-state index is 4.38. The van der Waals surface area contributed by atoms with E-state index < -0.39 is 0 Å². The van der Waals surface area contributed by atoms with Crippen molar-refractivity contribution in [2.24, 2.45) is 5.41 Å². The topological polar surface area (TPSA) is 28.2 Å². The number of hydrogen-bond donors (Lipinski definition) is 1. The van der Waals surface area contributed by atoms with Gasteiger partial charge >= 0.3 is 0 Å². The number of nitrogens with zero attached hydrogens (tertiary/aromatic N) is 2. The number of aromatic nitrogens is 1. The quantitative estimate of drug-likeness (QED) is 0.850. The van der Waals surface area contributed by atoms with Crippen LogP contribution in [0.3, 0.4) is 0 Å². The minimum absolute atomic E-state index is 0.339. The first-order valence-electron chi connectivity index (χ1n) is 6.28. The highest BCUT2D eigenvalue weighted by atomic mass is 15.1. The fraction of sp³-hybridized carbons (Fsp3) is 0.643. The zero-order valence-corrected chi connectivity index (χ0v) is 11.7. The van der Waals surface area contributed by atoms with Crippen LogP contribution in [0.5, 0.6) is 0 Å². The van der Waals surface area contributed by atoms with Crippen LogP contribution < -0.4 is 5.32 Å². The van der Waals surface area contributed by atoms with E-state index in [9.17, 15) is 0 Å². The second-order valence-electron chi connectivity index (χ2n) is 5.81. The van der Waals surface area contributed by atoms with Crippen LogP contribution in [0.4, 0.5) is 5.82 Å². The highest BCUT2D eigenvalue weighted by molar-refractivity contribution is 5.35. The lowest BCUT2D eigenvalue weighted by atomic mass is 9.96. The Hall–Kier alpha value is -1.09. The molecule has 0 aromatic carbocycles. The molecule has 0 aliphatic heterocycles. The van der Waals surface area contributed by atoms with Gasteiger partial charge in [0.1, 0.15) is 5.82 Å².